The molecule has 52 heavy (non-hydrogen) atoms. The Balaban J connectivity index is 4.12. The van der Waals surface area contributed by atoms with Crippen molar-refractivity contribution in [2.45, 2.75) is 194 Å². The topological polar surface area (TPSA) is 108 Å². The summed E-state index contributed by atoms with van der Waals surface area (Å²) in [6.07, 6.45) is 44.4. The Hall–Kier alpha value is -1.99. The van der Waals surface area contributed by atoms with Gasteiger partial charge in [-0.3, -0.25) is 18.6 Å². The predicted molar refractivity (Wildman–Crippen MR) is 216 cm³/mol. The molecule has 302 valence electrons. The molecule has 9 heteroatoms. The van der Waals surface area contributed by atoms with E-state index in [9.17, 15) is 19.0 Å². The zero-order valence-corrected chi connectivity index (χ0v) is 34.3. The maximum absolute atomic E-state index is 12.5. The minimum atomic E-state index is -4.28. The van der Waals surface area contributed by atoms with Gasteiger partial charge in [-0.05, 0) is 58.3 Å². The minimum absolute atomic E-state index is 0.00320. The molecule has 0 aliphatic heterocycles. The van der Waals surface area contributed by atoms with Gasteiger partial charge in [-0.15, -0.1) is 0 Å². The zero-order chi connectivity index (χ0) is 38.2. The molecule has 0 radical (unpaired) electrons. The van der Waals surface area contributed by atoms with Crippen molar-refractivity contribution in [1.29, 1.82) is 0 Å². The number of unbranched alkanes of at least 4 members (excludes halogenated alkanes) is 18. The number of rotatable bonds is 38. The molecular formula is C43H77O8P. The number of allylic oxidation sites excluding steroid dienone is 8. The Kier molecular flexibility index (Phi) is 37.2. The Morgan fingerprint density at radius 1 is 0.538 bits per heavy atom. The van der Waals surface area contributed by atoms with Crippen molar-refractivity contribution in [2.24, 2.45) is 0 Å². The molecule has 0 aromatic heterocycles. The molecule has 0 aromatic rings. The molecule has 0 spiro atoms. The third-order valence-corrected chi connectivity index (χ3v) is 9.71. The molecule has 0 saturated carbocycles. The molecule has 8 nitrogen and oxygen atoms in total. The second-order valence-electron chi connectivity index (χ2n) is 13.6. The number of phosphoric ester groups is 1. The van der Waals surface area contributed by atoms with Gasteiger partial charge in [0.25, 0.3) is 0 Å². The molecule has 0 fully saturated rings. The molecule has 1 N–H and O–H groups in total. The standard InChI is InChI=1S/C43H77O8P/c1-4-7-9-11-13-15-17-19-20-21-22-23-24-26-28-30-32-34-36-38-43(45)51-41(40-50-52(46,47)49-6-3)39-48-42(44)37-35-33-31-29-27-25-18-16-14-12-10-8-5-2/h7,9,13,15,19-20,22-23,41H,4-6,8,10-12,14,16-18,21,24-40H2,1-3H3,(H,46,47)/b9-7-,15-13-,20-19-,23-22-. The van der Waals surface area contributed by atoms with Gasteiger partial charge in [-0.1, -0.05) is 165 Å². The summed E-state index contributed by atoms with van der Waals surface area (Å²) in [7, 11) is -4.28. The Bertz CT molecular complexity index is 990. The van der Waals surface area contributed by atoms with Crippen LogP contribution in [0.25, 0.3) is 0 Å². The lowest BCUT2D eigenvalue weighted by Crippen LogP contribution is -2.29. The summed E-state index contributed by atoms with van der Waals surface area (Å²) in [5.41, 5.74) is 0. The van der Waals surface area contributed by atoms with E-state index in [-0.39, 0.29) is 25.6 Å². The summed E-state index contributed by atoms with van der Waals surface area (Å²) in [6, 6.07) is 0. The van der Waals surface area contributed by atoms with Crippen LogP contribution in [-0.2, 0) is 32.7 Å². The van der Waals surface area contributed by atoms with Crippen LogP contribution in [0.4, 0.5) is 0 Å². The summed E-state index contributed by atoms with van der Waals surface area (Å²) >= 11 is 0. The summed E-state index contributed by atoms with van der Waals surface area (Å²) in [5, 5.41) is 0. The van der Waals surface area contributed by atoms with Gasteiger partial charge in [0.05, 0.1) is 13.2 Å². The van der Waals surface area contributed by atoms with E-state index in [1.807, 2.05) is 0 Å². The zero-order valence-electron chi connectivity index (χ0n) is 33.5. The molecule has 0 heterocycles. The summed E-state index contributed by atoms with van der Waals surface area (Å²) in [5.74, 6) is -0.812. The first kappa shape index (κ1) is 50.0. The van der Waals surface area contributed by atoms with Crippen LogP contribution >= 0.6 is 7.82 Å². The Labute approximate surface area is 318 Å². The molecule has 0 aromatic carbocycles. The number of phosphoric acid groups is 1. The van der Waals surface area contributed by atoms with Crippen molar-refractivity contribution in [3.63, 3.8) is 0 Å². The normalized spacial score (nSPS) is 13.8. The average molecular weight is 753 g/mol. The first-order valence-corrected chi connectivity index (χ1v) is 22.4. The van der Waals surface area contributed by atoms with E-state index in [0.717, 1.165) is 83.5 Å². The van der Waals surface area contributed by atoms with Gasteiger partial charge in [-0.2, -0.15) is 0 Å². The number of carbonyl (C=O) groups is 2. The van der Waals surface area contributed by atoms with E-state index in [1.165, 1.54) is 64.2 Å². The SMILES string of the molecule is CC/C=C\C/C=C\C/C=C\C/C=C\CCCCCCCCC(=O)OC(COC(=O)CCCCCCCCCCCCCCC)COP(=O)(O)OCC. The van der Waals surface area contributed by atoms with Crippen LogP contribution in [0.1, 0.15) is 188 Å². The second kappa shape index (κ2) is 38.7. The number of ether oxygens (including phenoxy) is 2. The van der Waals surface area contributed by atoms with E-state index < -0.39 is 26.5 Å². The van der Waals surface area contributed by atoms with Crippen molar-refractivity contribution < 1.29 is 37.6 Å². The highest BCUT2D eigenvalue weighted by Crippen LogP contribution is 2.43. The van der Waals surface area contributed by atoms with Crippen molar-refractivity contribution in [2.75, 3.05) is 19.8 Å². The van der Waals surface area contributed by atoms with Gasteiger partial charge in [0.2, 0.25) is 0 Å². The molecule has 0 rings (SSSR count). The second-order valence-corrected chi connectivity index (χ2v) is 15.1. The van der Waals surface area contributed by atoms with Crippen LogP contribution < -0.4 is 0 Å². The maximum Gasteiger partial charge on any atom is 0.472 e. The lowest BCUT2D eigenvalue weighted by Gasteiger charge is -2.19. The lowest BCUT2D eigenvalue weighted by atomic mass is 10.0. The van der Waals surface area contributed by atoms with Gasteiger partial charge in [0.1, 0.15) is 6.61 Å². The fraction of sp³-hybridized carbons (Fsp3) is 0.767. The lowest BCUT2D eigenvalue weighted by molar-refractivity contribution is -0.161. The molecule has 0 aliphatic rings. The molecule has 0 bridgehead atoms. The van der Waals surface area contributed by atoms with Gasteiger partial charge in [-0.25, -0.2) is 4.57 Å². The summed E-state index contributed by atoms with van der Waals surface area (Å²) < 4.78 is 32.6. The monoisotopic (exact) mass is 753 g/mol. The van der Waals surface area contributed by atoms with Crippen molar-refractivity contribution >= 4 is 19.8 Å². The van der Waals surface area contributed by atoms with Gasteiger partial charge in [0, 0.05) is 12.8 Å². The third kappa shape index (κ3) is 37.8. The van der Waals surface area contributed by atoms with Crippen molar-refractivity contribution in [3.8, 4) is 0 Å². The predicted octanol–water partition coefficient (Wildman–Crippen LogP) is 13.0. The highest BCUT2D eigenvalue weighted by Gasteiger charge is 2.25. The summed E-state index contributed by atoms with van der Waals surface area (Å²) in [4.78, 5) is 34.7. The Morgan fingerprint density at radius 3 is 1.48 bits per heavy atom. The van der Waals surface area contributed by atoms with E-state index in [4.69, 9.17) is 18.5 Å². The van der Waals surface area contributed by atoms with Gasteiger partial charge < -0.3 is 14.4 Å². The number of carbonyl (C=O) groups excluding carboxylic acids is 2. The number of hydrogen-bond donors (Lipinski definition) is 1. The summed E-state index contributed by atoms with van der Waals surface area (Å²) in [6.45, 7) is 5.34. The van der Waals surface area contributed by atoms with Gasteiger partial charge >= 0.3 is 19.8 Å². The van der Waals surface area contributed by atoms with Gasteiger partial charge in [0.15, 0.2) is 6.10 Å². The Morgan fingerprint density at radius 2 is 0.981 bits per heavy atom. The van der Waals surface area contributed by atoms with Crippen LogP contribution in [0.5, 0.6) is 0 Å². The van der Waals surface area contributed by atoms with E-state index in [1.54, 1.807) is 6.92 Å². The maximum atomic E-state index is 12.5. The van der Waals surface area contributed by atoms with Crippen LogP contribution in [0.15, 0.2) is 48.6 Å². The first-order chi connectivity index (χ1) is 25.3. The molecule has 2 unspecified atom stereocenters. The van der Waals surface area contributed by atoms with Crippen molar-refractivity contribution in [1.82, 2.24) is 0 Å². The van der Waals surface area contributed by atoms with E-state index in [0.29, 0.717) is 12.8 Å². The fourth-order valence-electron chi connectivity index (χ4n) is 5.62. The van der Waals surface area contributed by atoms with Crippen LogP contribution in [0.2, 0.25) is 0 Å². The van der Waals surface area contributed by atoms with E-state index >= 15 is 0 Å². The molecule has 0 aliphatic carbocycles. The molecule has 2 atom stereocenters. The quantitative estimate of drug-likeness (QED) is 0.0287. The minimum Gasteiger partial charge on any atom is -0.462 e. The smallest absolute Gasteiger partial charge is 0.462 e. The van der Waals surface area contributed by atoms with Crippen LogP contribution in [0, 0.1) is 0 Å². The molecular weight excluding hydrogens is 675 g/mol. The average Bonchev–Trinajstić information content (AvgIpc) is 3.12. The van der Waals surface area contributed by atoms with Crippen LogP contribution in [-0.4, -0.2) is 42.8 Å². The fourth-order valence-corrected chi connectivity index (χ4v) is 6.38. The van der Waals surface area contributed by atoms with Crippen molar-refractivity contribution in [3.05, 3.63) is 48.6 Å². The third-order valence-electron chi connectivity index (χ3n) is 8.65. The largest absolute Gasteiger partial charge is 0.472 e. The van der Waals surface area contributed by atoms with E-state index in [2.05, 4.69) is 62.5 Å². The highest BCUT2D eigenvalue weighted by molar-refractivity contribution is 7.47. The number of esters is 2. The molecule has 0 amide bonds. The number of hydrogen-bond acceptors (Lipinski definition) is 7. The molecule has 0 saturated heterocycles. The highest BCUT2D eigenvalue weighted by atomic mass is 31.2. The van der Waals surface area contributed by atoms with Crippen LogP contribution in [0.3, 0.4) is 0 Å². The first-order valence-electron chi connectivity index (χ1n) is 20.9.